The molecule has 0 bridgehead atoms. The van der Waals surface area contributed by atoms with Gasteiger partial charge in [-0.1, -0.05) is 54.2 Å². The van der Waals surface area contributed by atoms with Crippen molar-refractivity contribution in [3.05, 3.63) is 66.0 Å². The van der Waals surface area contributed by atoms with Crippen molar-refractivity contribution in [1.82, 2.24) is 14.8 Å². The van der Waals surface area contributed by atoms with Crippen molar-refractivity contribution in [3.63, 3.8) is 0 Å². The second kappa shape index (κ2) is 8.14. The van der Waals surface area contributed by atoms with Crippen LogP contribution in [0.2, 0.25) is 0 Å². The minimum absolute atomic E-state index is 0.100. The lowest BCUT2D eigenvalue weighted by Crippen LogP contribution is -2.12. The zero-order valence-corrected chi connectivity index (χ0v) is 16.2. The maximum atomic E-state index is 14.4. The number of thioether (sulfide) groups is 1. The molecule has 0 spiro atoms. The van der Waals surface area contributed by atoms with Crippen LogP contribution in [0.1, 0.15) is 18.9 Å². The zero-order chi connectivity index (χ0) is 19.5. The van der Waals surface area contributed by atoms with Gasteiger partial charge >= 0.3 is 5.97 Å². The Morgan fingerprint density at radius 3 is 2.61 bits per heavy atom. The number of cyclic esters (lactones) is 1. The van der Waals surface area contributed by atoms with E-state index >= 15 is 0 Å². The van der Waals surface area contributed by atoms with Crippen molar-refractivity contribution in [3.8, 4) is 11.4 Å². The summed E-state index contributed by atoms with van der Waals surface area (Å²) in [6.07, 6.45) is 1.28. The number of benzene rings is 2. The molecule has 1 aliphatic rings. The normalized spacial score (nSPS) is 19.0. The third kappa shape index (κ3) is 3.94. The lowest BCUT2D eigenvalue weighted by Gasteiger charge is -2.12. The molecule has 0 saturated carbocycles. The van der Waals surface area contributed by atoms with Crippen LogP contribution < -0.4 is 0 Å². The van der Waals surface area contributed by atoms with Gasteiger partial charge in [-0.25, -0.2) is 4.39 Å². The van der Waals surface area contributed by atoms with E-state index < -0.39 is 0 Å². The van der Waals surface area contributed by atoms with Gasteiger partial charge in [0.05, 0.1) is 5.56 Å². The van der Waals surface area contributed by atoms with Crippen LogP contribution in [0.25, 0.3) is 11.4 Å². The summed E-state index contributed by atoms with van der Waals surface area (Å²) in [5.74, 6) is -0.111. The Bertz CT molecular complexity index is 977. The minimum atomic E-state index is -0.346. The number of nitrogens with zero attached hydrogens (tertiary/aromatic N) is 3. The third-order valence-electron chi connectivity index (χ3n) is 4.67. The average Bonchev–Trinajstić information content (AvgIpc) is 3.23. The third-order valence-corrected chi connectivity index (χ3v) is 5.85. The van der Waals surface area contributed by atoms with Crippen molar-refractivity contribution in [2.45, 2.75) is 42.8 Å². The minimum Gasteiger partial charge on any atom is -0.462 e. The fourth-order valence-electron chi connectivity index (χ4n) is 3.25. The fourth-order valence-corrected chi connectivity index (χ4v) is 4.41. The molecule has 3 aromatic rings. The molecule has 1 fully saturated rings. The second-order valence-corrected chi connectivity index (χ2v) is 7.93. The Morgan fingerprint density at radius 1 is 1.14 bits per heavy atom. The molecule has 0 aliphatic carbocycles. The first-order valence-electron chi connectivity index (χ1n) is 9.21. The number of rotatable bonds is 6. The van der Waals surface area contributed by atoms with Gasteiger partial charge in [-0.15, -0.1) is 10.2 Å². The molecule has 2 heterocycles. The number of carbonyl (C=O) groups is 1. The molecule has 1 aromatic heterocycles. The van der Waals surface area contributed by atoms with Crippen LogP contribution in [0.15, 0.2) is 59.8 Å². The quantitative estimate of drug-likeness (QED) is 0.586. The summed E-state index contributed by atoms with van der Waals surface area (Å²) in [4.78, 5) is 12.1. The monoisotopic (exact) mass is 397 g/mol. The van der Waals surface area contributed by atoms with Gasteiger partial charge in [-0.05, 0) is 31.0 Å². The highest BCUT2D eigenvalue weighted by Gasteiger charge is 2.34. The van der Waals surface area contributed by atoms with Crippen molar-refractivity contribution in [2.24, 2.45) is 0 Å². The standard InChI is InChI=1S/C21H20FN3O2S/c1-14-13-18(20(26)27-14)28-21-24-23-19(16-9-5-6-10-17(16)22)25(21)12-11-15-7-3-2-4-8-15/h2-10,14,18H,11-13H2,1H3. The Kier molecular flexibility index (Phi) is 5.43. The fraction of sp³-hybridized carbons (Fsp3) is 0.286. The maximum absolute atomic E-state index is 14.4. The molecule has 2 unspecified atom stereocenters. The average molecular weight is 397 g/mol. The smallest absolute Gasteiger partial charge is 0.319 e. The van der Waals surface area contributed by atoms with Gasteiger partial charge in [0.25, 0.3) is 0 Å². The number of hydrogen-bond acceptors (Lipinski definition) is 5. The molecular weight excluding hydrogens is 377 g/mol. The van der Waals surface area contributed by atoms with Crippen molar-refractivity contribution in [1.29, 1.82) is 0 Å². The predicted octanol–water partition coefficient (Wildman–Crippen LogP) is 4.12. The van der Waals surface area contributed by atoms with Crippen LogP contribution in [0, 0.1) is 5.82 Å². The molecule has 0 radical (unpaired) electrons. The van der Waals surface area contributed by atoms with Crippen molar-refractivity contribution in [2.75, 3.05) is 0 Å². The molecule has 28 heavy (non-hydrogen) atoms. The molecule has 5 nitrogen and oxygen atoms in total. The van der Waals surface area contributed by atoms with Gasteiger partial charge < -0.3 is 9.30 Å². The Labute approximate surface area is 166 Å². The van der Waals surface area contributed by atoms with E-state index in [1.54, 1.807) is 18.2 Å². The molecule has 0 amide bonds. The molecular formula is C21H20FN3O2S. The number of esters is 1. The van der Waals surface area contributed by atoms with Gasteiger partial charge in [0.1, 0.15) is 17.2 Å². The summed E-state index contributed by atoms with van der Waals surface area (Å²) in [6, 6.07) is 16.6. The highest BCUT2D eigenvalue weighted by atomic mass is 32.2. The van der Waals surface area contributed by atoms with Crippen LogP contribution in [-0.2, 0) is 22.5 Å². The molecule has 7 heteroatoms. The Morgan fingerprint density at radius 2 is 1.89 bits per heavy atom. The number of ether oxygens (including phenoxy) is 1. The maximum Gasteiger partial charge on any atom is 0.319 e. The van der Waals surface area contributed by atoms with Crippen LogP contribution >= 0.6 is 11.8 Å². The Balaban J connectivity index is 1.65. The van der Waals surface area contributed by atoms with Crippen molar-refractivity contribution < 1.29 is 13.9 Å². The van der Waals surface area contributed by atoms with Crippen LogP contribution in [0.4, 0.5) is 4.39 Å². The molecule has 2 atom stereocenters. The molecule has 4 rings (SSSR count). The Hall–Kier alpha value is -2.67. The number of aromatic nitrogens is 3. The summed E-state index contributed by atoms with van der Waals surface area (Å²) in [7, 11) is 0. The first-order valence-corrected chi connectivity index (χ1v) is 10.1. The van der Waals surface area contributed by atoms with E-state index in [2.05, 4.69) is 22.3 Å². The van der Waals surface area contributed by atoms with E-state index in [0.29, 0.717) is 29.5 Å². The topological polar surface area (TPSA) is 57.0 Å². The molecule has 0 N–H and O–H groups in total. The summed E-state index contributed by atoms with van der Waals surface area (Å²) >= 11 is 1.34. The molecule has 2 aromatic carbocycles. The molecule has 1 saturated heterocycles. The van der Waals surface area contributed by atoms with Crippen LogP contribution in [0.5, 0.6) is 0 Å². The number of hydrogen-bond donors (Lipinski definition) is 0. The summed E-state index contributed by atoms with van der Waals surface area (Å²) in [6.45, 7) is 2.46. The molecule has 144 valence electrons. The van der Waals surface area contributed by atoms with Crippen molar-refractivity contribution >= 4 is 17.7 Å². The number of halogens is 1. The lowest BCUT2D eigenvalue weighted by atomic mass is 10.1. The van der Waals surface area contributed by atoms with Crippen LogP contribution in [0.3, 0.4) is 0 Å². The van der Waals surface area contributed by atoms with E-state index in [9.17, 15) is 9.18 Å². The lowest BCUT2D eigenvalue weighted by molar-refractivity contribution is -0.140. The SMILES string of the molecule is CC1CC(Sc2nnc(-c3ccccc3F)n2CCc2ccccc2)C(=O)O1. The highest BCUT2D eigenvalue weighted by molar-refractivity contribution is 8.00. The largest absolute Gasteiger partial charge is 0.462 e. The molecule has 1 aliphatic heterocycles. The van der Waals surface area contributed by atoms with Gasteiger partial charge in [-0.3, -0.25) is 4.79 Å². The summed E-state index contributed by atoms with van der Waals surface area (Å²) in [5, 5.41) is 8.80. The zero-order valence-electron chi connectivity index (χ0n) is 15.4. The van der Waals surface area contributed by atoms with Gasteiger partial charge in [0, 0.05) is 13.0 Å². The van der Waals surface area contributed by atoms with Gasteiger partial charge in [0.15, 0.2) is 11.0 Å². The predicted molar refractivity (Wildman–Crippen MR) is 105 cm³/mol. The summed E-state index contributed by atoms with van der Waals surface area (Å²) in [5.41, 5.74) is 1.57. The second-order valence-electron chi connectivity index (χ2n) is 6.76. The first kappa shape index (κ1) is 18.7. The van der Waals surface area contributed by atoms with Gasteiger partial charge in [0.2, 0.25) is 0 Å². The van der Waals surface area contributed by atoms with Crippen LogP contribution in [-0.4, -0.2) is 32.1 Å². The van der Waals surface area contributed by atoms with E-state index in [4.69, 9.17) is 4.74 Å². The van der Waals surface area contributed by atoms with E-state index in [1.807, 2.05) is 29.7 Å². The van der Waals surface area contributed by atoms with E-state index in [-0.39, 0.29) is 23.1 Å². The van der Waals surface area contributed by atoms with E-state index in [1.165, 1.54) is 23.4 Å². The first-order chi connectivity index (χ1) is 13.6. The van der Waals surface area contributed by atoms with E-state index in [0.717, 1.165) is 6.42 Å². The highest BCUT2D eigenvalue weighted by Crippen LogP contribution is 2.33. The number of aryl methyl sites for hydroxylation is 1. The number of carbonyl (C=O) groups excluding carboxylic acids is 1. The summed E-state index contributed by atoms with van der Waals surface area (Å²) < 4.78 is 21.5. The van der Waals surface area contributed by atoms with Gasteiger partial charge in [-0.2, -0.15) is 0 Å².